The average Bonchev–Trinajstić information content (AvgIpc) is 3.34. The zero-order valence-corrected chi connectivity index (χ0v) is 14.0. The monoisotopic (exact) mass is 336 g/mol. The number of carbonyl (C=O) groups excluding carboxylic acids is 1. The van der Waals surface area contributed by atoms with Gasteiger partial charge in [0, 0.05) is 23.5 Å². The third kappa shape index (κ3) is 3.05. The molecule has 0 spiro atoms. The van der Waals surface area contributed by atoms with E-state index in [0.29, 0.717) is 11.0 Å². The molecule has 2 aromatic heterocycles. The highest BCUT2D eigenvalue weighted by molar-refractivity contribution is 7.18. The number of nitrogens with one attached hydrogen (secondary N) is 1. The van der Waals surface area contributed by atoms with Crippen molar-refractivity contribution in [2.75, 3.05) is 5.32 Å². The Hall–Kier alpha value is -2.60. The van der Waals surface area contributed by atoms with E-state index in [1.807, 2.05) is 25.1 Å². The summed E-state index contributed by atoms with van der Waals surface area (Å²) in [5.74, 6) is 0.408. The SMILES string of the molecule is Cc1ccc(C2CC2)c(C(=O)Nc2nnc(-c3ccncc3)s2)c1. The summed E-state index contributed by atoms with van der Waals surface area (Å²) in [5.41, 5.74) is 3.91. The van der Waals surface area contributed by atoms with Crippen molar-refractivity contribution >= 4 is 22.4 Å². The minimum absolute atomic E-state index is 0.113. The van der Waals surface area contributed by atoms with E-state index in [-0.39, 0.29) is 5.91 Å². The number of rotatable bonds is 4. The highest BCUT2D eigenvalue weighted by atomic mass is 32.1. The topological polar surface area (TPSA) is 67.8 Å². The van der Waals surface area contributed by atoms with Gasteiger partial charge in [0.1, 0.15) is 5.01 Å². The lowest BCUT2D eigenvalue weighted by atomic mass is 10.0. The first-order chi connectivity index (χ1) is 11.7. The molecule has 0 radical (unpaired) electrons. The van der Waals surface area contributed by atoms with E-state index in [1.165, 1.54) is 11.3 Å². The molecule has 1 amide bonds. The van der Waals surface area contributed by atoms with Gasteiger partial charge in [0.05, 0.1) is 0 Å². The summed E-state index contributed by atoms with van der Waals surface area (Å²) in [5, 5.41) is 12.4. The maximum Gasteiger partial charge on any atom is 0.257 e. The molecular weight excluding hydrogens is 320 g/mol. The molecule has 3 aromatic rings. The molecule has 1 fully saturated rings. The molecular formula is C18H16N4OS. The largest absolute Gasteiger partial charge is 0.296 e. The van der Waals surface area contributed by atoms with E-state index in [1.54, 1.807) is 12.4 Å². The summed E-state index contributed by atoms with van der Waals surface area (Å²) in [6.07, 6.45) is 5.75. The summed E-state index contributed by atoms with van der Waals surface area (Å²) in [6.45, 7) is 2.00. The molecule has 6 heteroatoms. The summed E-state index contributed by atoms with van der Waals surface area (Å²) in [6, 6.07) is 9.84. The van der Waals surface area contributed by atoms with Crippen molar-refractivity contribution in [3.63, 3.8) is 0 Å². The van der Waals surface area contributed by atoms with Crippen LogP contribution in [0.4, 0.5) is 5.13 Å². The van der Waals surface area contributed by atoms with Crippen molar-refractivity contribution in [2.24, 2.45) is 0 Å². The smallest absolute Gasteiger partial charge is 0.257 e. The zero-order chi connectivity index (χ0) is 16.5. The van der Waals surface area contributed by atoms with Gasteiger partial charge in [0.25, 0.3) is 5.91 Å². The number of amides is 1. The van der Waals surface area contributed by atoms with Crippen LogP contribution in [-0.2, 0) is 0 Å². The predicted octanol–water partition coefficient (Wildman–Crippen LogP) is 4.04. The summed E-state index contributed by atoms with van der Waals surface area (Å²) in [7, 11) is 0. The van der Waals surface area contributed by atoms with Crippen molar-refractivity contribution in [3.8, 4) is 10.6 Å². The molecule has 1 aliphatic carbocycles. The molecule has 1 N–H and O–H groups in total. The third-order valence-corrected chi connectivity index (χ3v) is 4.93. The van der Waals surface area contributed by atoms with Crippen molar-refractivity contribution in [2.45, 2.75) is 25.7 Å². The van der Waals surface area contributed by atoms with E-state index in [9.17, 15) is 4.79 Å². The van der Waals surface area contributed by atoms with Crippen molar-refractivity contribution in [3.05, 3.63) is 59.4 Å². The molecule has 0 aliphatic heterocycles. The second-order valence-electron chi connectivity index (χ2n) is 5.97. The first-order valence-electron chi connectivity index (χ1n) is 7.86. The van der Waals surface area contributed by atoms with Gasteiger partial charge in [-0.05, 0) is 49.4 Å². The van der Waals surface area contributed by atoms with Crippen LogP contribution in [0.1, 0.15) is 40.2 Å². The highest BCUT2D eigenvalue weighted by Crippen LogP contribution is 2.42. The van der Waals surface area contributed by atoms with E-state index < -0.39 is 0 Å². The predicted molar refractivity (Wildman–Crippen MR) is 94.2 cm³/mol. The molecule has 1 aromatic carbocycles. The Morgan fingerprint density at radius 1 is 1.17 bits per heavy atom. The molecule has 24 heavy (non-hydrogen) atoms. The number of pyridine rings is 1. The first-order valence-corrected chi connectivity index (χ1v) is 8.68. The second-order valence-corrected chi connectivity index (χ2v) is 6.94. The van der Waals surface area contributed by atoms with Gasteiger partial charge in [-0.1, -0.05) is 29.0 Å². The molecule has 1 saturated carbocycles. The number of carbonyl (C=O) groups is 1. The van der Waals surface area contributed by atoms with Crippen LogP contribution >= 0.6 is 11.3 Å². The first kappa shape index (κ1) is 15.0. The number of aromatic nitrogens is 3. The normalized spacial score (nSPS) is 13.7. The van der Waals surface area contributed by atoms with Crippen LogP contribution in [0.25, 0.3) is 10.6 Å². The fourth-order valence-corrected chi connectivity index (χ4v) is 3.41. The number of nitrogens with zero attached hydrogens (tertiary/aromatic N) is 3. The Kier molecular flexibility index (Phi) is 3.82. The number of hydrogen-bond donors (Lipinski definition) is 1. The minimum Gasteiger partial charge on any atom is -0.296 e. The minimum atomic E-state index is -0.113. The number of anilines is 1. The van der Waals surface area contributed by atoms with Crippen molar-refractivity contribution < 1.29 is 4.79 Å². The Bertz CT molecular complexity index is 887. The molecule has 0 atom stereocenters. The Morgan fingerprint density at radius 3 is 2.71 bits per heavy atom. The Labute approximate surface area is 143 Å². The molecule has 0 saturated heterocycles. The highest BCUT2D eigenvalue weighted by Gasteiger charge is 2.28. The molecule has 4 rings (SSSR count). The quantitative estimate of drug-likeness (QED) is 0.781. The number of hydrogen-bond acceptors (Lipinski definition) is 5. The van der Waals surface area contributed by atoms with Crippen molar-refractivity contribution in [1.82, 2.24) is 15.2 Å². The lowest BCUT2D eigenvalue weighted by molar-refractivity contribution is 0.102. The van der Waals surface area contributed by atoms with Crippen LogP contribution in [0.15, 0.2) is 42.7 Å². The van der Waals surface area contributed by atoms with Crippen molar-refractivity contribution in [1.29, 1.82) is 0 Å². The molecule has 2 heterocycles. The second kappa shape index (κ2) is 6.13. The Morgan fingerprint density at radius 2 is 1.96 bits per heavy atom. The van der Waals surface area contributed by atoms with Crippen LogP contribution in [0, 0.1) is 6.92 Å². The Balaban J connectivity index is 1.57. The van der Waals surface area contributed by atoms with Gasteiger partial charge < -0.3 is 0 Å². The number of benzene rings is 1. The van der Waals surface area contributed by atoms with E-state index in [0.717, 1.165) is 40.1 Å². The van der Waals surface area contributed by atoms with E-state index in [2.05, 4.69) is 32.6 Å². The summed E-state index contributed by atoms with van der Waals surface area (Å²) < 4.78 is 0. The summed E-state index contributed by atoms with van der Waals surface area (Å²) in [4.78, 5) is 16.7. The lowest BCUT2D eigenvalue weighted by Crippen LogP contribution is -2.14. The number of aryl methyl sites for hydroxylation is 1. The third-order valence-electron chi connectivity index (χ3n) is 4.04. The summed E-state index contributed by atoms with van der Waals surface area (Å²) >= 11 is 1.36. The van der Waals surface area contributed by atoms with Crippen LogP contribution in [0.3, 0.4) is 0 Å². The standard InChI is InChI=1S/C18H16N4OS/c1-11-2-5-14(12-3-4-12)15(10-11)16(23)20-18-22-21-17(24-18)13-6-8-19-9-7-13/h2,5-10,12H,3-4H2,1H3,(H,20,22,23). The fraction of sp³-hybridized carbons (Fsp3) is 0.222. The molecule has 120 valence electrons. The van der Waals surface area contributed by atoms with Gasteiger partial charge in [-0.3, -0.25) is 15.1 Å². The zero-order valence-electron chi connectivity index (χ0n) is 13.2. The van der Waals surface area contributed by atoms with Gasteiger partial charge in [-0.15, -0.1) is 10.2 Å². The fourth-order valence-electron chi connectivity index (χ4n) is 2.67. The maximum atomic E-state index is 12.7. The van der Waals surface area contributed by atoms with Crippen LogP contribution < -0.4 is 5.32 Å². The van der Waals surface area contributed by atoms with E-state index >= 15 is 0 Å². The van der Waals surface area contributed by atoms with Crippen LogP contribution in [0.5, 0.6) is 0 Å². The molecule has 1 aliphatic rings. The van der Waals surface area contributed by atoms with Gasteiger partial charge in [-0.2, -0.15) is 0 Å². The maximum absolute atomic E-state index is 12.7. The van der Waals surface area contributed by atoms with Gasteiger partial charge >= 0.3 is 0 Å². The van der Waals surface area contributed by atoms with Gasteiger partial charge in [0.2, 0.25) is 5.13 Å². The molecule has 0 bridgehead atoms. The average molecular weight is 336 g/mol. The lowest BCUT2D eigenvalue weighted by Gasteiger charge is -2.09. The van der Waals surface area contributed by atoms with Gasteiger partial charge in [-0.25, -0.2) is 0 Å². The molecule has 0 unspecified atom stereocenters. The molecule has 5 nitrogen and oxygen atoms in total. The van der Waals surface area contributed by atoms with E-state index in [4.69, 9.17) is 0 Å². The van der Waals surface area contributed by atoms with Gasteiger partial charge in [0.15, 0.2) is 0 Å². The van der Waals surface area contributed by atoms with Crippen LogP contribution in [-0.4, -0.2) is 21.1 Å². The van der Waals surface area contributed by atoms with Crippen LogP contribution in [0.2, 0.25) is 0 Å².